The summed E-state index contributed by atoms with van der Waals surface area (Å²) in [4.78, 5) is 34.2. The van der Waals surface area contributed by atoms with Gasteiger partial charge in [0.2, 0.25) is 0 Å². The van der Waals surface area contributed by atoms with Gasteiger partial charge < -0.3 is 14.4 Å². The molecule has 0 N–H and O–H groups in total. The summed E-state index contributed by atoms with van der Waals surface area (Å²) in [5.74, 6) is 0.324. The number of carbonyl (C=O) groups excluding carboxylic acids is 1. The van der Waals surface area contributed by atoms with E-state index in [1.165, 1.54) is 24.3 Å². The van der Waals surface area contributed by atoms with Crippen LogP contribution < -0.4 is 14.4 Å². The minimum absolute atomic E-state index is 0.126. The Labute approximate surface area is 189 Å². The standard InChI is InChI=1S/C23H21N3O7/c27-17-18-9-11-19(12-10-18)24(13-15-32-22-7-3-1-5-20(22)25(28)29)14-16-33-23-8-4-2-6-21(23)26(30)31/h1-12,17H,13-16H2. The normalized spacial score (nSPS) is 10.3. The van der Waals surface area contributed by atoms with Gasteiger partial charge in [-0.25, -0.2) is 0 Å². The van der Waals surface area contributed by atoms with Crippen LogP contribution in [0.1, 0.15) is 10.4 Å². The van der Waals surface area contributed by atoms with E-state index in [4.69, 9.17) is 9.47 Å². The van der Waals surface area contributed by atoms with E-state index in [1.54, 1.807) is 48.5 Å². The molecule has 0 radical (unpaired) electrons. The predicted octanol–water partition coefficient (Wildman–Crippen LogP) is 4.28. The van der Waals surface area contributed by atoms with Gasteiger partial charge in [0.25, 0.3) is 0 Å². The maximum Gasteiger partial charge on any atom is 0.310 e. The molecule has 0 saturated carbocycles. The number of carbonyl (C=O) groups is 1. The first-order valence-corrected chi connectivity index (χ1v) is 10.0. The van der Waals surface area contributed by atoms with Crippen LogP contribution in [0.15, 0.2) is 72.8 Å². The molecule has 0 atom stereocenters. The molecular formula is C23H21N3O7. The van der Waals surface area contributed by atoms with Crippen molar-refractivity contribution in [2.24, 2.45) is 0 Å². The molecule has 0 bridgehead atoms. The summed E-state index contributed by atoms with van der Waals surface area (Å²) in [5, 5.41) is 22.3. The zero-order valence-corrected chi connectivity index (χ0v) is 17.5. The molecule has 0 unspecified atom stereocenters. The number of hydrogen-bond acceptors (Lipinski definition) is 8. The third-order valence-electron chi connectivity index (χ3n) is 4.76. The second kappa shape index (κ2) is 11.2. The lowest BCUT2D eigenvalue weighted by molar-refractivity contribution is -0.386. The highest BCUT2D eigenvalue weighted by atomic mass is 16.6. The first-order valence-electron chi connectivity index (χ1n) is 10.0. The molecule has 3 rings (SSSR count). The SMILES string of the molecule is O=Cc1ccc(N(CCOc2ccccc2[N+](=O)[O-])CCOc2ccccc2[N+](=O)[O-])cc1. The molecule has 0 heterocycles. The van der Waals surface area contributed by atoms with Gasteiger partial charge in [0, 0.05) is 23.4 Å². The van der Waals surface area contributed by atoms with Crippen LogP contribution in [0.25, 0.3) is 0 Å². The Morgan fingerprint density at radius 1 is 0.727 bits per heavy atom. The lowest BCUT2D eigenvalue weighted by Crippen LogP contribution is -2.32. The number of rotatable bonds is 12. The van der Waals surface area contributed by atoms with E-state index in [0.717, 1.165) is 12.0 Å². The fraction of sp³-hybridized carbons (Fsp3) is 0.174. The lowest BCUT2D eigenvalue weighted by atomic mass is 10.2. The first-order chi connectivity index (χ1) is 16.0. The Bertz CT molecular complexity index is 1060. The molecule has 0 fully saturated rings. The Morgan fingerprint density at radius 2 is 1.18 bits per heavy atom. The number of anilines is 1. The summed E-state index contributed by atoms with van der Waals surface area (Å²) in [6.45, 7) is 0.997. The van der Waals surface area contributed by atoms with Crippen LogP contribution in [0.2, 0.25) is 0 Å². The topological polar surface area (TPSA) is 125 Å². The molecule has 0 aliphatic carbocycles. The molecule has 33 heavy (non-hydrogen) atoms. The van der Waals surface area contributed by atoms with Crippen LogP contribution in [0.3, 0.4) is 0 Å². The van der Waals surface area contributed by atoms with Crippen molar-refractivity contribution in [1.82, 2.24) is 0 Å². The van der Waals surface area contributed by atoms with Gasteiger partial charge in [-0.15, -0.1) is 0 Å². The number of benzene rings is 3. The number of para-hydroxylation sites is 4. The van der Waals surface area contributed by atoms with Crippen LogP contribution in [-0.4, -0.2) is 42.4 Å². The summed E-state index contributed by atoms with van der Waals surface area (Å²) in [7, 11) is 0. The fourth-order valence-electron chi connectivity index (χ4n) is 3.13. The molecule has 0 spiro atoms. The van der Waals surface area contributed by atoms with Gasteiger partial charge in [-0.2, -0.15) is 0 Å². The summed E-state index contributed by atoms with van der Waals surface area (Å²) >= 11 is 0. The Morgan fingerprint density at radius 3 is 1.61 bits per heavy atom. The minimum Gasteiger partial charge on any atom is -0.485 e. The summed E-state index contributed by atoms with van der Waals surface area (Å²) in [6, 6.07) is 19.1. The van der Waals surface area contributed by atoms with Crippen molar-refractivity contribution in [3.8, 4) is 11.5 Å². The molecule has 0 saturated heterocycles. The van der Waals surface area contributed by atoms with Gasteiger partial charge in [-0.1, -0.05) is 24.3 Å². The maximum absolute atomic E-state index is 11.2. The highest BCUT2D eigenvalue weighted by Gasteiger charge is 2.16. The van der Waals surface area contributed by atoms with Crippen LogP contribution in [0, 0.1) is 20.2 Å². The average Bonchev–Trinajstić information content (AvgIpc) is 2.83. The monoisotopic (exact) mass is 451 g/mol. The van der Waals surface area contributed by atoms with Crippen molar-refractivity contribution < 1.29 is 24.1 Å². The molecule has 0 amide bonds. The zero-order chi connectivity index (χ0) is 23.6. The summed E-state index contributed by atoms with van der Waals surface area (Å²) in [5.41, 5.74) is 1.04. The van der Waals surface area contributed by atoms with E-state index in [1.807, 2.05) is 4.90 Å². The quantitative estimate of drug-likeness (QED) is 0.227. The Kier molecular flexibility index (Phi) is 7.90. The van der Waals surface area contributed by atoms with E-state index in [-0.39, 0.29) is 36.1 Å². The van der Waals surface area contributed by atoms with Gasteiger partial charge in [0.05, 0.1) is 22.9 Å². The Hall–Kier alpha value is -4.47. The van der Waals surface area contributed by atoms with Crippen LogP contribution in [0.4, 0.5) is 17.1 Å². The largest absolute Gasteiger partial charge is 0.485 e. The minimum atomic E-state index is -0.508. The van der Waals surface area contributed by atoms with Gasteiger partial charge >= 0.3 is 11.4 Å². The molecule has 170 valence electrons. The van der Waals surface area contributed by atoms with Crippen molar-refractivity contribution in [2.75, 3.05) is 31.2 Å². The number of nitrogens with zero attached hydrogens (tertiary/aromatic N) is 3. The highest BCUT2D eigenvalue weighted by Crippen LogP contribution is 2.27. The molecule has 0 aliphatic rings. The van der Waals surface area contributed by atoms with Crippen molar-refractivity contribution in [1.29, 1.82) is 0 Å². The first kappa shape index (κ1) is 23.2. The third kappa shape index (κ3) is 6.26. The molecule has 0 aliphatic heterocycles. The van der Waals surface area contributed by atoms with E-state index in [0.29, 0.717) is 18.7 Å². The average molecular weight is 451 g/mol. The van der Waals surface area contributed by atoms with Gasteiger partial charge in [0.15, 0.2) is 11.5 Å². The number of ether oxygens (including phenoxy) is 2. The second-order valence-corrected chi connectivity index (χ2v) is 6.84. The number of aldehydes is 1. The second-order valence-electron chi connectivity index (χ2n) is 6.84. The van der Waals surface area contributed by atoms with Crippen molar-refractivity contribution in [2.45, 2.75) is 0 Å². The summed E-state index contributed by atoms with van der Waals surface area (Å²) < 4.78 is 11.3. The maximum atomic E-state index is 11.2. The highest BCUT2D eigenvalue weighted by molar-refractivity contribution is 5.75. The third-order valence-corrected chi connectivity index (χ3v) is 4.76. The van der Waals surface area contributed by atoms with Crippen molar-refractivity contribution >= 4 is 23.3 Å². The molecule has 3 aromatic carbocycles. The van der Waals surface area contributed by atoms with E-state index >= 15 is 0 Å². The van der Waals surface area contributed by atoms with Crippen LogP contribution in [-0.2, 0) is 0 Å². The molecular weight excluding hydrogens is 430 g/mol. The molecule has 10 nitrogen and oxygen atoms in total. The predicted molar refractivity (Wildman–Crippen MR) is 121 cm³/mol. The van der Waals surface area contributed by atoms with E-state index in [2.05, 4.69) is 0 Å². The number of nitro benzene ring substituents is 2. The van der Waals surface area contributed by atoms with Crippen LogP contribution >= 0.6 is 0 Å². The summed E-state index contributed by atoms with van der Waals surface area (Å²) in [6.07, 6.45) is 0.739. The van der Waals surface area contributed by atoms with Crippen molar-refractivity contribution in [3.63, 3.8) is 0 Å². The van der Waals surface area contributed by atoms with Gasteiger partial charge in [-0.3, -0.25) is 25.0 Å². The molecule has 10 heteroatoms. The van der Waals surface area contributed by atoms with Crippen molar-refractivity contribution in [3.05, 3.63) is 98.6 Å². The van der Waals surface area contributed by atoms with Gasteiger partial charge in [-0.05, 0) is 36.4 Å². The number of nitro groups is 2. The zero-order valence-electron chi connectivity index (χ0n) is 17.5. The Balaban J connectivity index is 1.68. The smallest absolute Gasteiger partial charge is 0.310 e. The van der Waals surface area contributed by atoms with E-state index in [9.17, 15) is 25.0 Å². The fourth-order valence-corrected chi connectivity index (χ4v) is 3.13. The number of hydrogen-bond donors (Lipinski definition) is 0. The molecule has 0 aromatic heterocycles. The van der Waals surface area contributed by atoms with Crippen LogP contribution in [0.5, 0.6) is 11.5 Å². The van der Waals surface area contributed by atoms with E-state index < -0.39 is 9.85 Å². The lowest BCUT2D eigenvalue weighted by Gasteiger charge is -2.25. The van der Waals surface area contributed by atoms with Gasteiger partial charge in [0.1, 0.15) is 19.5 Å². The molecule has 3 aromatic rings.